The molecule has 0 radical (unpaired) electrons. The summed E-state index contributed by atoms with van der Waals surface area (Å²) in [6.45, 7) is 2.51. The van der Waals surface area contributed by atoms with E-state index in [0.717, 1.165) is 34.6 Å². The molecule has 9 heteroatoms. The molecular formula is C22H25N5O4. The Bertz CT molecular complexity index is 1180. The second-order valence-corrected chi connectivity index (χ2v) is 8.82. The number of imide groups is 2. The summed E-state index contributed by atoms with van der Waals surface area (Å²) < 4.78 is 1.48. The molecule has 0 saturated carbocycles. The average Bonchev–Trinajstić information content (AvgIpc) is 3.03. The van der Waals surface area contributed by atoms with Gasteiger partial charge in [0.15, 0.2) is 5.41 Å². The number of carbonyl (C=O) groups excluding carboxylic acids is 3. The van der Waals surface area contributed by atoms with E-state index < -0.39 is 29.3 Å². The molecular weight excluding hydrogens is 398 g/mol. The first kappa shape index (κ1) is 19.7. The second kappa shape index (κ2) is 6.63. The molecule has 5 heterocycles. The van der Waals surface area contributed by atoms with Crippen LogP contribution in [-0.2, 0) is 16.0 Å². The van der Waals surface area contributed by atoms with Gasteiger partial charge in [-0.05, 0) is 31.4 Å². The number of hydrogen-bond donors (Lipinski definition) is 0. The fraction of sp³-hybridized carbons (Fsp3) is 0.500. The van der Waals surface area contributed by atoms with E-state index in [2.05, 4.69) is 0 Å². The van der Waals surface area contributed by atoms with E-state index >= 15 is 0 Å². The molecule has 3 aliphatic rings. The summed E-state index contributed by atoms with van der Waals surface area (Å²) in [4.78, 5) is 62.0. The third kappa shape index (κ3) is 2.46. The number of pyridine rings is 1. The maximum absolute atomic E-state index is 13.6. The van der Waals surface area contributed by atoms with E-state index in [9.17, 15) is 19.2 Å². The number of amides is 4. The summed E-state index contributed by atoms with van der Waals surface area (Å²) in [5.74, 6) is -0.492. The molecule has 1 atom stereocenters. The standard InChI is InChI=1S/C22H25N5O4/c1-13-8-7-11-27-16(13)23-17-14(18(27)28)12-22(15-9-5-4-6-10-26(15)17)19(29)24(2)21(31)25(3)20(22)30/h7-8,11,15H,4-6,9-10,12H2,1-3H3/t15-/m0/s1. The van der Waals surface area contributed by atoms with Crippen molar-refractivity contribution in [2.45, 2.75) is 45.1 Å². The first-order valence-corrected chi connectivity index (χ1v) is 10.7. The summed E-state index contributed by atoms with van der Waals surface area (Å²) in [5.41, 5.74) is 0.0423. The van der Waals surface area contributed by atoms with Crippen LogP contribution < -0.4 is 10.5 Å². The molecule has 1 spiro atoms. The Labute approximate surface area is 179 Å². The molecule has 0 N–H and O–H groups in total. The summed E-state index contributed by atoms with van der Waals surface area (Å²) >= 11 is 0. The fourth-order valence-corrected chi connectivity index (χ4v) is 5.51. The molecule has 0 bridgehead atoms. The molecule has 9 nitrogen and oxygen atoms in total. The van der Waals surface area contributed by atoms with E-state index in [4.69, 9.17) is 4.98 Å². The Hall–Kier alpha value is -3.23. The van der Waals surface area contributed by atoms with Crippen molar-refractivity contribution < 1.29 is 14.4 Å². The van der Waals surface area contributed by atoms with Gasteiger partial charge in [0.25, 0.3) is 5.56 Å². The summed E-state index contributed by atoms with van der Waals surface area (Å²) in [7, 11) is 2.81. The van der Waals surface area contributed by atoms with Gasteiger partial charge < -0.3 is 4.90 Å². The fourth-order valence-electron chi connectivity index (χ4n) is 5.51. The Morgan fingerprint density at radius 1 is 1.03 bits per heavy atom. The lowest BCUT2D eigenvalue weighted by molar-refractivity contribution is -0.159. The van der Waals surface area contributed by atoms with Gasteiger partial charge in [-0.25, -0.2) is 9.78 Å². The van der Waals surface area contributed by atoms with Crippen LogP contribution in [0.1, 0.15) is 36.8 Å². The van der Waals surface area contributed by atoms with Gasteiger partial charge in [0, 0.05) is 33.3 Å². The molecule has 2 saturated heterocycles. The highest BCUT2D eigenvalue weighted by molar-refractivity contribution is 6.20. The quantitative estimate of drug-likeness (QED) is 0.594. The van der Waals surface area contributed by atoms with Crippen molar-refractivity contribution in [3.63, 3.8) is 0 Å². The van der Waals surface area contributed by atoms with E-state index in [-0.39, 0.29) is 12.0 Å². The number of hydrogen-bond acceptors (Lipinski definition) is 6. The first-order valence-electron chi connectivity index (χ1n) is 10.7. The Morgan fingerprint density at radius 2 is 1.74 bits per heavy atom. The zero-order chi connectivity index (χ0) is 22.1. The number of carbonyl (C=O) groups is 3. The largest absolute Gasteiger partial charge is 0.352 e. The van der Waals surface area contributed by atoms with Gasteiger partial charge in [0.2, 0.25) is 11.8 Å². The molecule has 2 aromatic rings. The molecule has 162 valence electrons. The van der Waals surface area contributed by atoms with Gasteiger partial charge in [-0.2, -0.15) is 0 Å². The van der Waals surface area contributed by atoms with Crippen molar-refractivity contribution in [3.8, 4) is 0 Å². The van der Waals surface area contributed by atoms with Crippen molar-refractivity contribution in [2.75, 3.05) is 25.5 Å². The number of urea groups is 1. The van der Waals surface area contributed by atoms with Gasteiger partial charge in [0.1, 0.15) is 11.5 Å². The number of fused-ring (bicyclic) bond motifs is 5. The predicted molar refractivity (Wildman–Crippen MR) is 113 cm³/mol. The lowest BCUT2D eigenvalue weighted by atomic mass is 9.67. The number of nitrogens with zero attached hydrogens (tertiary/aromatic N) is 5. The summed E-state index contributed by atoms with van der Waals surface area (Å²) in [6.07, 6.45) is 4.95. The molecule has 31 heavy (non-hydrogen) atoms. The Kier molecular flexibility index (Phi) is 4.22. The maximum Gasteiger partial charge on any atom is 0.332 e. The SMILES string of the molecule is Cc1cccn2c(=O)c3c(nc12)N1CCCCC[C@H]1C1(C3)C(=O)N(C)C(=O)N(C)C1=O. The number of rotatable bonds is 0. The summed E-state index contributed by atoms with van der Waals surface area (Å²) in [6, 6.07) is 2.60. The van der Waals surface area contributed by atoms with Crippen LogP contribution in [0.2, 0.25) is 0 Å². The van der Waals surface area contributed by atoms with Crippen LogP contribution in [0.15, 0.2) is 23.1 Å². The average molecular weight is 423 g/mol. The lowest BCUT2D eigenvalue weighted by Gasteiger charge is -2.51. The molecule has 5 rings (SSSR count). The van der Waals surface area contributed by atoms with E-state index in [1.807, 2.05) is 17.9 Å². The number of aromatic nitrogens is 2. The molecule has 0 unspecified atom stereocenters. The Balaban J connectivity index is 1.82. The zero-order valence-corrected chi connectivity index (χ0v) is 17.9. The molecule has 2 aromatic heterocycles. The topological polar surface area (TPSA) is 95.3 Å². The lowest BCUT2D eigenvalue weighted by Crippen LogP contribution is -2.71. The van der Waals surface area contributed by atoms with Crippen LogP contribution in [0, 0.1) is 12.3 Å². The number of aryl methyl sites for hydroxylation is 1. The van der Waals surface area contributed by atoms with Crippen LogP contribution in [-0.4, -0.2) is 63.7 Å². The highest BCUT2D eigenvalue weighted by atomic mass is 16.2. The van der Waals surface area contributed by atoms with Gasteiger partial charge in [-0.1, -0.05) is 18.9 Å². The molecule has 3 aliphatic heterocycles. The Morgan fingerprint density at radius 3 is 2.45 bits per heavy atom. The van der Waals surface area contributed by atoms with Crippen molar-refractivity contribution in [3.05, 3.63) is 39.8 Å². The predicted octanol–water partition coefficient (Wildman–Crippen LogP) is 1.34. The third-order valence-electron chi connectivity index (χ3n) is 7.12. The number of barbiturate groups is 1. The van der Waals surface area contributed by atoms with Crippen LogP contribution in [0.4, 0.5) is 10.6 Å². The van der Waals surface area contributed by atoms with E-state index in [1.165, 1.54) is 18.5 Å². The van der Waals surface area contributed by atoms with Crippen molar-refractivity contribution >= 4 is 29.3 Å². The molecule has 0 aromatic carbocycles. The smallest absolute Gasteiger partial charge is 0.332 e. The number of anilines is 1. The van der Waals surface area contributed by atoms with Crippen molar-refractivity contribution in [2.24, 2.45) is 5.41 Å². The van der Waals surface area contributed by atoms with Crippen molar-refractivity contribution in [1.82, 2.24) is 19.2 Å². The minimum atomic E-state index is -1.51. The zero-order valence-electron chi connectivity index (χ0n) is 17.9. The summed E-state index contributed by atoms with van der Waals surface area (Å²) in [5, 5.41) is 0. The minimum Gasteiger partial charge on any atom is -0.352 e. The minimum absolute atomic E-state index is 0.0498. The van der Waals surface area contributed by atoms with Gasteiger partial charge >= 0.3 is 6.03 Å². The van der Waals surface area contributed by atoms with Crippen LogP contribution >= 0.6 is 0 Å². The van der Waals surface area contributed by atoms with E-state index in [1.54, 1.807) is 12.3 Å². The van der Waals surface area contributed by atoms with E-state index in [0.29, 0.717) is 30.0 Å². The normalized spacial score (nSPS) is 23.3. The van der Waals surface area contributed by atoms with Gasteiger partial charge in [0.05, 0.1) is 11.6 Å². The second-order valence-electron chi connectivity index (χ2n) is 8.82. The molecule has 0 aliphatic carbocycles. The monoisotopic (exact) mass is 423 g/mol. The highest BCUT2D eigenvalue weighted by Crippen LogP contribution is 2.46. The third-order valence-corrected chi connectivity index (χ3v) is 7.12. The molecule has 2 fully saturated rings. The van der Waals surface area contributed by atoms with Gasteiger partial charge in [-0.3, -0.25) is 28.6 Å². The van der Waals surface area contributed by atoms with Gasteiger partial charge in [-0.15, -0.1) is 0 Å². The van der Waals surface area contributed by atoms with Crippen LogP contribution in [0.25, 0.3) is 5.65 Å². The molecule has 4 amide bonds. The van der Waals surface area contributed by atoms with Crippen LogP contribution in [0.3, 0.4) is 0 Å². The van der Waals surface area contributed by atoms with Crippen molar-refractivity contribution in [1.29, 1.82) is 0 Å². The van der Waals surface area contributed by atoms with Crippen LogP contribution in [0.5, 0.6) is 0 Å². The highest BCUT2D eigenvalue weighted by Gasteiger charge is 2.63. The first-order chi connectivity index (χ1) is 14.8. The maximum atomic E-state index is 13.6.